The van der Waals surface area contributed by atoms with Crippen LogP contribution in [0.15, 0.2) is 48.5 Å². The Morgan fingerprint density at radius 1 is 1.09 bits per heavy atom. The third kappa shape index (κ3) is 4.46. The minimum atomic E-state index is -0.388. The first-order valence-electron chi connectivity index (χ1n) is 7.61. The third-order valence-electron chi connectivity index (χ3n) is 3.80. The van der Waals surface area contributed by atoms with E-state index in [0.29, 0.717) is 0 Å². The maximum atomic E-state index is 10.7. The van der Waals surface area contributed by atoms with Crippen molar-refractivity contribution in [1.29, 1.82) is 0 Å². The summed E-state index contributed by atoms with van der Waals surface area (Å²) >= 11 is 2.02. The maximum Gasteiger partial charge on any atom is 0.269 e. The minimum Gasteiger partial charge on any atom is -0.356 e. The van der Waals surface area contributed by atoms with Gasteiger partial charge in [-0.3, -0.25) is 15.0 Å². The normalized spacial score (nSPS) is 15.3. The average molecular weight is 329 g/mol. The zero-order valence-corrected chi connectivity index (χ0v) is 13.6. The Morgan fingerprint density at radius 3 is 2.52 bits per heavy atom. The van der Waals surface area contributed by atoms with Gasteiger partial charge in [0.1, 0.15) is 0 Å². The predicted molar refractivity (Wildman–Crippen MR) is 95.4 cm³/mol. The summed E-state index contributed by atoms with van der Waals surface area (Å²) < 4.78 is 0. The summed E-state index contributed by atoms with van der Waals surface area (Å²) in [5, 5.41) is 14.0. The first-order valence-corrected chi connectivity index (χ1v) is 8.77. The van der Waals surface area contributed by atoms with Crippen LogP contribution in [0.3, 0.4) is 0 Å². The van der Waals surface area contributed by atoms with Gasteiger partial charge < -0.3 is 5.32 Å². The Labute approximate surface area is 139 Å². The number of hydrogen-bond acceptors (Lipinski definition) is 5. The van der Waals surface area contributed by atoms with E-state index in [1.165, 1.54) is 29.2 Å². The van der Waals surface area contributed by atoms with E-state index in [9.17, 15) is 10.1 Å². The molecule has 1 fully saturated rings. The molecule has 120 valence electrons. The van der Waals surface area contributed by atoms with Crippen molar-refractivity contribution in [3.05, 3.63) is 64.2 Å². The molecule has 1 saturated heterocycles. The van der Waals surface area contributed by atoms with Gasteiger partial charge in [-0.25, -0.2) is 0 Å². The zero-order chi connectivity index (χ0) is 16.1. The highest BCUT2D eigenvalue weighted by atomic mass is 32.2. The molecule has 0 unspecified atom stereocenters. The lowest BCUT2D eigenvalue weighted by atomic mass is 10.1. The average Bonchev–Trinajstić information content (AvgIpc) is 2.57. The highest BCUT2D eigenvalue weighted by molar-refractivity contribution is 7.99. The topological polar surface area (TPSA) is 58.4 Å². The van der Waals surface area contributed by atoms with Gasteiger partial charge in [-0.2, -0.15) is 11.8 Å². The summed E-state index contributed by atoms with van der Waals surface area (Å²) in [6.07, 6.45) is 0. The standard InChI is InChI=1S/C17H19N3O2S/c21-20(22)17-6-4-15(5-7-17)18-16-3-1-2-14(12-16)13-19-8-10-23-11-9-19/h1-7,12,18H,8-11,13H2. The van der Waals surface area contributed by atoms with Crippen molar-refractivity contribution in [2.24, 2.45) is 0 Å². The van der Waals surface area contributed by atoms with Gasteiger partial charge in [-0.05, 0) is 29.8 Å². The molecule has 1 N–H and O–H groups in total. The zero-order valence-electron chi connectivity index (χ0n) is 12.8. The number of nitrogens with one attached hydrogen (secondary N) is 1. The number of nitro benzene ring substituents is 1. The molecule has 0 radical (unpaired) electrons. The number of hydrogen-bond donors (Lipinski definition) is 1. The van der Waals surface area contributed by atoms with E-state index >= 15 is 0 Å². The van der Waals surface area contributed by atoms with E-state index in [0.717, 1.165) is 31.0 Å². The molecular weight excluding hydrogens is 310 g/mol. The molecule has 2 aromatic rings. The van der Waals surface area contributed by atoms with Crippen LogP contribution < -0.4 is 5.32 Å². The molecule has 5 nitrogen and oxygen atoms in total. The summed E-state index contributed by atoms with van der Waals surface area (Å²) in [6.45, 7) is 3.26. The number of non-ortho nitro benzene ring substituents is 1. The van der Waals surface area contributed by atoms with E-state index in [4.69, 9.17) is 0 Å². The fourth-order valence-electron chi connectivity index (χ4n) is 2.60. The van der Waals surface area contributed by atoms with Crippen molar-refractivity contribution in [3.8, 4) is 0 Å². The molecule has 2 aromatic carbocycles. The third-order valence-corrected chi connectivity index (χ3v) is 4.75. The number of benzene rings is 2. The molecule has 0 atom stereocenters. The highest BCUT2D eigenvalue weighted by Gasteiger charge is 2.11. The molecule has 0 aromatic heterocycles. The van der Waals surface area contributed by atoms with Crippen LogP contribution in [0.25, 0.3) is 0 Å². The molecule has 0 spiro atoms. The van der Waals surface area contributed by atoms with E-state index in [-0.39, 0.29) is 10.6 Å². The number of nitro groups is 1. The van der Waals surface area contributed by atoms with Crippen LogP contribution in [0.4, 0.5) is 17.1 Å². The fraction of sp³-hybridized carbons (Fsp3) is 0.294. The molecule has 6 heteroatoms. The van der Waals surface area contributed by atoms with Gasteiger partial charge in [0.05, 0.1) is 4.92 Å². The van der Waals surface area contributed by atoms with Crippen molar-refractivity contribution in [3.63, 3.8) is 0 Å². The van der Waals surface area contributed by atoms with Crippen LogP contribution in [-0.4, -0.2) is 34.4 Å². The van der Waals surface area contributed by atoms with Crippen LogP contribution in [0.5, 0.6) is 0 Å². The Hall–Kier alpha value is -2.05. The van der Waals surface area contributed by atoms with E-state index < -0.39 is 0 Å². The summed E-state index contributed by atoms with van der Waals surface area (Å²) in [4.78, 5) is 12.8. The molecule has 0 bridgehead atoms. The van der Waals surface area contributed by atoms with E-state index in [1.807, 2.05) is 23.9 Å². The second-order valence-electron chi connectivity index (χ2n) is 5.52. The van der Waals surface area contributed by atoms with Crippen LogP contribution in [-0.2, 0) is 6.54 Å². The van der Waals surface area contributed by atoms with Crippen molar-refractivity contribution < 1.29 is 4.92 Å². The van der Waals surface area contributed by atoms with E-state index in [1.54, 1.807) is 12.1 Å². The molecule has 23 heavy (non-hydrogen) atoms. The number of rotatable bonds is 5. The van der Waals surface area contributed by atoms with Crippen LogP contribution in [0.1, 0.15) is 5.56 Å². The Morgan fingerprint density at radius 2 is 1.83 bits per heavy atom. The minimum absolute atomic E-state index is 0.104. The van der Waals surface area contributed by atoms with Gasteiger partial charge in [-0.15, -0.1) is 0 Å². The second kappa shape index (κ2) is 7.48. The monoisotopic (exact) mass is 329 g/mol. The van der Waals surface area contributed by atoms with Crippen molar-refractivity contribution in [2.45, 2.75) is 6.54 Å². The van der Waals surface area contributed by atoms with Gasteiger partial charge >= 0.3 is 0 Å². The molecule has 1 aliphatic rings. The lowest BCUT2D eigenvalue weighted by molar-refractivity contribution is -0.384. The van der Waals surface area contributed by atoms with Crippen molar-refractivity contribution >= 4 is 28.8 Å². The molecule has 0 amide bonds. The first-order chi connectivity index (χ1) is 11.2. The van der Waals surface area contributed by atoms with Crippen LogP contribution in [0, 0.1) is 10.1 Å². The van der Waals surface area contributed by atoms with Crippen LogP contribution in [0.2, 0.25) is 0 Å². The van der Waals surface area contributed by atoms with Gasteiger partial charge in [0.15, 0.2) is 0 Å². The molecule has 1 heterocycles. The maximum absolute atomic E-state index is 10.7. The first kappa shape index (κ1) is 15.8. The Kier molecular flexibility index (Phi) is 5.15. The largest absolute Gasteiger partial charge is 0.356 e. The number of anilines is 2. The van der Waals surface area contributed by atoms with Crippen molar-refractivity contribution in [1.82, 2.24) is 4.90 Å². The summed E-state index contributed by atoms with van der Waals surface area (Å²) in [6, 6.07) is 14.8. The van der Waals surface area contributed by atoms with Gasteiger partial charge in [0, 0.05) is 54.6 Å². The summed E-state index contributed by atoms with van der Waals surface area (Å²) in [5.74, 6) is 2.42. The lowest BCUT2D eigenvalue weighted by Gasteiger charge is -2.26. The molecule has 3 rings (SSSR count). The second-order valence-corrected chi connectivity index (χ2v) is 6.74. The Bertz CT molecular complexity index is 670. The van der Waals surface area contributed by atoms with Crippen molar-refractivity contribution in [2.75, 3.05) is 29.9 Å². The summed E-state index contributed by atoms with van der Waals surface area (Å²) in [7, 11) is 0. The smallest absolute Gasteiger partial charge is 0.269 e. The Balaban J connectivity index is 1.65. The molecule has 1 aliphatic heterocycles. The van der Waals surface area contributed by atoms with E-state index in [2.05, 4.69) is 22.3 Å². The fourth-order valence-corrected chi connectivity index (χ4v) is 3.58. The SMILES string of the molecule is O=[N+]([O-])c1ccc(Nc2cccc(CN3CCSCC3)c2)cc1. The van der Waals surface area contributed by atoms with Gasteiger partial charge in [0.2, 0.25) is 0 Å². The predicted octanol–water partition coefficient (Wildman–Crippen LogP) is 3.89. The van der Waals surface area contributed by atoms with Gasteiger partial charge in [-0.1, -0.05) is 12.1 Å². The van der Waals surface area contributed by atoms with Crippen LogP contribution >= 0.6 is 11.8 Å². The quantitative estimate of drug-likeness (QED) is 0.666. The lowest BCUT2D eigenvalue weighted by Crippen LogP contribution is -2.31. The molecule has 0 saturated carbocycles. The summed E-state index contributed by atoms with van der Waals surface area (Å²) in [5.41, 5.74) is 3.24. The number of nitrogens with zero attached hydrogens (tertiary/aromatic N) is 2. The molecule has 0 aliphatic carbocycles. The molecular formula is C17H19N3O2S. The van der Waals surface area contributed by atoms with Gasteiger partial charge in [0.25, 0.3) is 5.69 Å². The highest BCUT2D eigenvalue weighted by Crippen LogP contribution is 2.21. The number of thioether (sulfide) groups is 1.